The Morgan fingerprint density at radius 2 is 2.35 bits per heavy atom. The zero-order valence-corrected chi connectivity index (χ0v) is 11.9. The number of aryl methyl sites for hydroxylation is 1. The molecule has 0 aliphatic heterocycles. The van der Waals surface area contributed by atoms with Gasteiger partial charge in [0.15, 0.2) is 5.76 Å². The predicted molar refractivity (Wildman–Crippen MR) is 74.1 cm³/mol. The maximum absolute atomic E-state index is 11.2. The fourth-order valence-electron chi connectivity index (χ4n) is 1.91. The van der Waals surface area contributed by atoms with Crippen molar-refractivity contribution in [3.05, 3.63) is 30.2 Å². The number of hydrogen-bond donors (Lipinski definition) is 2. The molecule has 0 aromatic carbocycles. The number of carbonyl (C=O) groups is 1. The predicted octanol–water partition coefficient (Wildman–Crippen LogP) is 2.02. The Kier molecular flexibility index (Phi) is 3.94. The topological polar surface area (TPSA) is 80.3 Å². The van der Waals surface area contributed by atoms with E-state index in [4.69, 9.17) is 4.42 Å². The minimum atomic E-state index is -0.942. The monoisotopic (exact) mass is 277 g/mol. The third-order valence-corrected chi connectivity index (χ3v) is 3.54. The number of furan rings is 1. The molecule has 1 atom stereocenters. The van der Waals surface area contributed by atoms with Crippen molar-refractivity contribution >= 4 is 5.97 Å². The zero-order chi connectivity index (χ0) is 14.8. The van der Waals surface area contributed by atoms with Gasteiger partial charge in [0.25, 0.3) is 0 Å². The highest BCUT2D eigenvalue weighted by atomic mass is 16.4. The summed E-state index contributed by atoms with van der Waals surface area (Å²) in [5, 5.41) is 16.6. The second kappa shape index (κ2) is 5.50. The molecular weight excluding hydrogens is 258 g/mol. The number of hydrogen-bond acceptors (Lipinski definition) is 4. The summed E-state index contributed by atoms with van der Waals surface area (Å²) in [7, 11) is 1.83. The molecule has 2 heterocycles. The second-order valence-electron chi connectivity index (χ2n) is 4.97. The van der Waals surface area contributed by atoms with Gasteiger partial charge >= 0.3 is 5.97 Å². The Hall–Kier alpha value is -2.08. The molecule has 0 aliphatic carbocycles. The van der Waals surface area contributed by atoms with Crippen LogP contribution in [0.25, 0.3) is 11.5 Å². The van der Waals surface area contributed by atoms with Crippen LogP contribution in [0, 0.1) is 0 Å². The number of aromatic nitrogens is 2. The third kappa shape index (κ3) is 2.75. The van der Waals surface area contributed by atoms with Crippen molar-refractivity contribution in [2.24, 2.45) is 7.05 Å². The van der Waals surface area contributed by atoms with E-state index in [1.165, 1.54) is 0 Å². The quantitative estimate of drug-likeness (QED) is 0.844. The van der Waals surface area contributed by atoms with Crippen LogP contribution in [0.3, 0.4) is 0 Å². The summed E-state index contributed by atoms with van der Waals surface area (Å²) in [6, 6.07) is 5.57. The number of nitrogens with zero attached hydrogens (tertiary/aromatic N) is 2. The molecule has 0 saturated carbocycles. The normalized spacial score (nSPS) is 14.2. The van der Waals surface area contributed by atoms with Gasteiger partial charge in [0, 0.05) is 13.6 Å². The Labute approximate surface area is 117 Å². The Morgan fingerprint density at radius 3 is 2.90 bits per heavy atom. The van der Waals surface area contributed by atoms with Gasteiger partial charge in [-0.15, -0.1) is 0 Å². The van der Waals surface area contributed by atoms with Crippen LogP contribution in [0.4, 0.5) is 0 Å². The van der Waals surface area contributed by atoms with Gasteiger partial charge in [-0.25, -0.2) is 0 Å². The highest BCUT2D eigenvalue weighted by Crippen LogP contribution is 2.20. The summed E-state index contributed by atoms with van der Waals surface area (Å²) in [4.78, 5) is 11.2. The molecule has 2 rings (SSSR count). The maximum atomic E-state index is 11.2. The molecule has 0 bridgehead atoms. The lowest BCUT2D eigenvalue weighted by Gasteiger charge is -2.24. The van der Waals surface area contributed by atoms with Gasteiger partial charge in [0.2, 0.25) is 0 Å². The van der Waals surface area contributed by atoms with Gasteiger partial charge in [0.05, 0.1) is 12.0 Å². The van der Waals surface area contributed by atoms with Crippen LogP contribution in [0.1, 0.15) is 26.0 Å². The zero-order valence-electron chi connectivity index (χ0n) is 11.9. The van der Waals surface area contributed by atoms with Crippen molar-refractivity contribution in [2.45, 2.75) is 32.4 Å². The summed E-state index contributed by atoms with van der Waals surface area (Å²) >= 11 is 0. The van der Waals surface area contributed by atoms with Gasteiger partial charge in [0.1, 0.15) is 11.2 Å². The first-order chi connectivity index (χ1) is 9.46. The summed E-state index contributed by atoms with van der Waals surface area (Å²) in [5.41, 5.74) is 0.697. The van der Waals surface area contributed by atoms with Crippen LogP contribution < -0.4 is 5.32 Å². The van der Waals surface area contributed by atoms with Crippen LogP contribution in [-0.2, 0) is 18.4 Å². The van der Waals surface area contributed by atoms with Crippen molar-refractivity contribution in [3.8, 4) is 11.5 Å². The van der Waals surface area contributed by atoms with E-state index >= 15 is 0 Å². The van der Waals surface area contributed by atoms with E-state index in [0.717, 1.165) is 17.1 Å². The molecule has 2 N–H and O–H groups in total. The molecular formula is C14H19N3O3. The minimum Gasteiger partial charge on any atom is -0.480 e. The molecule has 20 heavy (non-hydrogen) atoms. The van der Waals surface area contributed by atoms with Crippen molar-refractivity contribution in [2.75, 3.05) is 0 Å². The van der Waals surface area contributed by atoms with Crippen LogP contribution in [-0.4, -0.2) is 26.4 Å². The van der Waals surface area contributed by atoms with E-state index in [1.807, 2.05) is 32.2 Å². The first-order valence-electron chi connectivity index (χ1n) is 6.51. The largest absolute Gasteiger partial charge is 0.480 e. The number of carboxylic acid groups (broad SMARTS) is 1. The van der Waals surface area contributed by atoms with Gasteiger partial charge in [-0.2, -0.15) is 5.10 Å². The number of nitrogens with one attached hydrogen (secondary N) is 1. The Balaban J connectivity index is 2.12. The van der Waals surface area contributed by atoms with E-state index < -0.39 is 11.5 Å². The van der Waals surface area contributed by atoms with Crippen LogP contribution in [0.2, 0.25) is 0 Å². The molecule has 1 unspecified atom stereocenters. The fourth-order valence-corrected chi connectivity index (χ4v) is 1.91. The van der Waals surface area contributed by atoms with E-state index in [-0.39, 0.29) is 0 Å². The summed E-state index contributed by atoms with van der Waals surface area (Å²) in [5.74, 6) is -0.120. The summed E-state index contributed by atoms with van der Waals surface area (Å²) in [6.45, 7) is 3.91. The summed E-state index contributed by atoms with van der Waals surface area (Å²) < 4.78 is 7.07. The number of carboxylic acids is 1. The van der Waals surface area contributed by atoms with Gasteiger partial charge < -0.3 is 9.52 Å². The first-order valence-corrected chi connectivity index (χ1v) is 6.51. The number of aliphatic carboxylic acids is 1. The third-order valence-electron chi connectivity index (χ3n) is 3.54. The molecule has 6 heteroatoms. The van der Waals surface area contributed by atoms with Crippen molar-refractivity contribution in [1.29, 1.82) is 0 Å². The van der Waals surface area contributed by atoms with Crippen LogP contribution in [0.5, 0.6) is 0 Å². The lowest BCUT2D eigenvalue weighted by Crippen LogP contribution is -2.48. The molecule has 0 saturated heterocycles. The van der Waals surface area contributed by atoms with Crippen molar-refractivity contribution in [3.63, 3.8) is 0 Å². The lowest BCUT2D eigenvalue weighted by molar-refractivity contribution is -0.144. The molecule has 2 aromatic rings. The van der Waals surface area contributed by atoms with E-state index in [9.17, 15) is 9.90 Å². The molecule has 108 valence electrons. The highest BCUT2D eigenvalue weighted by Gasteiger charge is 2.30. The average Bonchev–Trinajstić information content (AvgIpc) is 3.04. The molecule has 0 aliphatic rings. The molecule has 2 aromatic heterocycles. The van der Waals surface area contributed by atoms with Gasteiger partial charge in [-0.1, -0.05) is 6.92 Å². The molecule has 0 spiro atoms. The van der Waals surface area contributed by atoms with Crippen LogP contribution in [0.15, 0.2) is 28.9 Å². The maximum Gasteiger partial charge on any atom is 0.323 e. The Bertz CT molecular complexity index is 589. The number of rotatable bonds is 6. The van der Waals surface area contributed by atoms with Crippen LogP contribution >= 0.6 is 0 Å². The molecule has 0 fully saturated rings. The van der Waals surface area contributed by atoms with E-state index in [0.29, 0.717) is 13.0 Å². The second-order valence-corrected chi connectivity index (χ2v) is 4.97. The van der Waals surface area contributed by atoms with Gasteiger partial charge in [-0.05, 0) is 31.5 Å². The minimum absolute atomic E-state index is 0.394. The smallest absolute Gasteiger partial charge is 0.323 e. The molecule has 0 amide bonds. The highest BCUT2D eigenvalue weighted by molar-refractivity contribution is 5.78. The SMILES string of the molecule is CCC(C)(NCc1cc(-c2ccco2)n(C)n1)C(=O)O. The first kappa shape index (κ1) is 14.3. The van der Waals surface area contributed by atoms with E-state index in [1.54, 1.807) is 17.9 Å². The van der Waals surface area contributed by atoms with Crippen molar-refractivity contribution in [1.82, 2.24) is 15.1 Å². The summed E-state index contributed by atoms with van der Waals surface area (Å²) in [6.07, 6.45) is 2.11. The molecule has 6 nitrogen and oxygen atoms in total. The average molecular weight is 277 g/mol. The Morgan fingerprint density at radius 1 is 1.60 bits per heavy atom. The standard InChI is InChI=1S/C14H19N3O3/c1-4-14(2,13(18)19)15-9-10-8-11(17(3)16-10)12-6-5-7-20-12/h5-8,15H,4,9H2,1-3H3,(H,18,19). The van der Waals surface area contributed by atoms with E-state index in [2.05, 4.69) is 10.4 Å². The van der Waals surface area contributed by atoms with Crippen molar-refractivity contribution < 1.29 is 14.3 Å². The lowest BCUT2D eigenvalue weighted by atomic mass is 9.99. The molecule has 0 radical (unpaired) electrons. The fraction of sp³-hybridized carbons (Fsp3) is 0.429. The van der Waals surface area contributed by atoms with Gasteiger partial charge in [-0.3, -0.25) is 14.8 Å².